The van der Waals surface area contributed by atoms with Crippen LogP contribution >= 0.6 is 0 Å². The molecule has 216 valence electrons. The molecule has 0 atom stereocenters. The molecule has 1 heterocycles. The summed E-state index contributed by atoms with van der Waals surface area (Å²) in [6, 6.07) is 16.2. The highest BCUT2D eigenvalue weighted by Gasteiger charge is 2.18. The molecule has 0 bridgehead atoms. The Morgan fingerprint density at radius 3 is 1.83 bits per heavy atom. The van der Waals surface area contributed by atoms with Crippen LogP contribution in [0.1, 0.15) is 36.3 Å². The van der Waals surface area contributed by atoms with Crippen LogP contribution in [-0.4, -0.2) is 46.7 Å². The summed E-state index contributed by atoms with van der Waals surface area (Å²) in [5.41, 5.74) is 2.00. The van der Waals surface area contributed by atoms with Crippen LogP contribution in [-0.2, 0) is 9.59 Å². The molecule has 0 saturated carbocycles. The molecule has 10 heteroatoms. The normalized spacial score (nSPS) is 13.4. The van der Waals surface area contributed by atoms with Gasteiger partial charge in [0.1, 0.15) is 23.2 Å². The highest BCUT2D eigenvalue weighted by Crippen LogP contribution is 2.30. The summed E-state index contributed by atoms with van der Waals surface area (Å²) in [4.78, 5) is 21.4. The lowest BCUT2D eigenvalue weighted by Crippen LogP contribution is -2.31. The molecule has 1 aliphatic rings. The Balaban J connectivity index is 0.000000507. The van der Waals surface area contributed by atoms with Crippen LogP contribution in [0.4, 0.5) is 17.6 Å². The third kappa shape index (κ3) is 10.6. The van der Waals surface area contributed by atoms with Crippen molar-refractivity contribution in [1.29, 1.82) is 0 Å². The monoisotopic (exact) mass is 571 g/mol. The van der Waals surface area contributed by atoms with Crippen LogP contribution < -0.4 is 4.74 Å². The standard InChI is InChI=1S/C27H25F4NO.C4H4O4/c28-21-7-3-19(4-8-21)25(20-5-9-22(29)10-6-20)2-1-15-32-16-13-24(14-17-32)33-27-12-11-23(30)18-26(27)31;5-3(6)1-2-4(7)8/h3-13,18,25H,1-2,14-17H2;1-2H,(H,5,6)(H,7,8)/b;2-1+. The number of carboxylic acids is 2. The Hall–Kier alpha value is -4.44. The molecular formula is C31H29F4NO5. The van der Waals surface area contributed by atoms with Gasteiger partial charge in [-0.05, 0) is 73.0 Å². The Morgan fingerprint density at radius 2 is 1.37 bits per heavy atom. The lowest BCUT2D eigenvalue weighted by molar-refractivity contribution is -0.134. The van der Waals surface area contributed by atoms with Gasteiger partial charge in [-0.25, -0.2) is 27.2 Å². The fourth-order valence-electron chi connectivity index (χ4n) is 4.27. The number of ether oxygens (including phenoxy) is 1. The molecule has 6 nitrogen and oxygen atoms in total. The van der Waals surface area contributed by atoms with E-state index in [1.54, 1.807) is 24.3 Å². The van der Waals surface area contributed by atoms with Crippen LogP contribution in [0.5, 0.6) is 5.75 Å². The summed E-state index contributed by atoms with van der Waals surface area (Å²) in [5.74, 6) is -3.68. The molecule has 0 radical (unpaired) electrons. The van der Waals surface area contributed by atoms with Gasteiger partial charge in [0.2, 0.25) is 0 Å². The molecule has 3 aromatic rings. The van der Waals surface area contributed by atoms with Gasteiger partial charge in [0.15, 0.2) is 11.6 Å². The van der Waals surface area contributed by atoms with E-state index in [0.29, 0.717) is 30.9 Å². The minimum Gasteiger partial charge on any atom is -0.478 e. The summed E-state index contributed by atoms with van der Waals surface area (Å²) >= 11 is 0. The molecule has 2 N–H and O–H groups in total. The number of halogens is 4. The molecule has 0 aliphatic carbocycles. The Morgan fingerprint density at radius 1 is 0.829 bits per heavy atom. The van der Waals surface area contributed by atoms with Gasteiger partial charge >= 0.3 is 11.9 Å². The molecule has 41 heavy (non-hydrogen) atoms. The van der Waals surface area contributed by atoms with Gasteiger partial charge in [-0.1, -0.05) is 24.3 Å². The van der Waals surface area contributed by atoms with Gasteiger partial charge in [0.05, 0.1) is 0 Å². The van der Waals surface area contributed by atoms with Crippen molar-refractivity contribution in [2.75, 3.05) is 19.6 Å². The Bertz CT molecular complexity index is 1310. The number of carboxylic acid groups (broad SMARTS) is 2. The van der Waals surface area contributed by atoms with Gasteiger partial charge in [0.25, 0.3) is 0 Å². The lowest BCUT2D eigenvalue weighted by atomic mass is 9.87. The molecule has 0 fully saturated rings. The third-order valence-corrected chi connectivity index (χ3v) is 6.27. The zero-order valence-electron chi connectivity index (χ0n) is 22.0. The van der Waals surface area contributed by atoms with Crippen molar-refractivity contribution < 1.29 is 42.1 Å². The van der Waals surface area contributed by atoms with E-state index in [4.69, 9.17) is 14.9 Å². The predicted molar refractivity (Wildman–Crippen MR) is 144 cm³/mol. The van der Waals surface area contributed by atoms with E-state index in [0.717, 1.165) is 43.1 Å². The first-order valence-corrected chi connectivity index (χ1v) is 12.8. The second-order valence-corrected chi connectivity index (χ2v) is 9.21. The summed E-state index contributed by atoms with van der Waals surface area (Å²) in [7, 11) is 0. The molecule has 0 amide bonds. The van der Waals surface area contributed by atoms with E-state index in [-0.39, 0.29) is 23.3 Å². The van der Waals surface area contributed by atoms with Gasteiger partial charge < -0.3 is 14.9 Å². The van der Waals surface area contributed by atoms with Gasteiger partial charge in [-0.3, -0.25) is 4.90 Å². The minimum atomic E-state index is -1.26. The maximum Gasteiger partial charge on any atom is 0.328 e. The third-order valence-electron chi connectivity index (χ3n) is 6.27. The van der Waals surface area contributed by atoms with E-state index in [2.05, 4.69) is 4.90 Å². The van der Waals surface area contributed by atoms with Gasteiger partial charge in [-0.2, -0.15) is 0 Å². The zero-order chi connectivity index (χ0) is 29.8. The van der Waals surface area contributed by atoms with Crippen molar-refractivity contribution in [1.82, 2.24) is 4.90 Å². The first kappa shape index (κ1) is 31.1. The fourth-order valence-corrected chi connectivity index (χ4v) is 4.27. The fraction of sp³-hybridized carbons (Fsp3) is 0.226. The summed E-state index contributed by atoms with van der Waals surface area (Å²) in [6.07, 6.45) is 5.40. The average molecular weight is 572 g/mol. The van der Waals surface area contributed by atoms with E-state index < -0.39 is 23.6 Å². The SMILES string of the molecule is Fc1ccc(C(CCCN2CC=C(Oc3ccc(F)cc3F)CC2)c2ccc(F)cc2)cc1.O=C(O)/C=C/C(=O)O. The molecule has 4 rings (SSSR count). The highest BCUT2D eigenvalue weighted by atomic mass is 19.1. The van der Waals surface area contributed by atoms with Crippen molar-refractivity contribution in [3.8, 4) is 5.75 Å². The summed E-state index contributed by atoms with van der Waals surface area (Å²) in [6.45, 7) is 2.30. The highest BCUT2D eigenvalue weighted by molar-refractivity contribution is 5.89. The van der Waals surface area contributed by atoms with E-state index >= 15 is 0 Å². The van der Waals surface area contributed by atoms with Gasteiger partial charge in [-0.15, -0.1) is 0 Å². The lowest BCUT2D eigenvalue weighted by Gasteiger charge is -2.27. The van der Waals surface area contributed by atoms with Crippen LogP contribution in [0.2, 0.25) is 0 Å². The van der Waals surface area contributed by atoms with Gasteiger partial charge in [0, 0.05) is 43.6 Å². The van der Waals surface area contributed by atoms with Crippen molar-refractivity contribution in [3.05, 3.63) is 125 Å². The zero-order valence-corrected chi connectivity index (χ0v) is 22.0. The molecule has 3 aromatic carbocycles. The van der Waals surface area contributed by atoms with Crippen LogP contribution in [0, 0.1) is 23.3 Å². The molecule has 0 spiro atoms. The largest absolute Gasteiger partial charge is 0.478 e. The molecular weight excluding hydrogens is 542 g/mol. The predicted octanol–water partition coefficient (Wildman–Crippen LogP) is 6.54. The van der Waals surface area contributed by atoms with Crippen molar-refractivity contribution in [2.45, 2.75) is 25.2 Å². The topological polar surface area (TPSA) is 87.1 Å². The van der Waals surface area contributed by atoms with Crippen LogP contribution in [0.25, 0.3) is 0 Å². The summed E-state index contributed by atoms with van der Waals surface area (Å²) < 4.78 is 59.3. The quantitative estimate of drug-likeness (QED) is 0.212. The smallest absolute Gasteiger partial charge is 0.328 e. The molecule has 1 aliphatic heterocycles. The minimum absolute atomic E-state index is 0.0255. The maximum atomic E-state index is 13.8. The number of hydrogen-bond acceptors (Lipinski definition) is 4. The van der Waals surface area contributed by atoms with Crippen molar-refractivity contribution >= 4 is 11.9 Å². The molecule has 0 saturated heterocycles. The van der Waals surface area contributed by atoms with E-state index in [1.807, 2.05) is 6.08 Å². The van der Waals surface area contributed by atoms with Crippen LogP contribution in [0.15, 0.2) is 90.7 Å². The molecule has 0 aromatic heterocycles. The van der Waals surface area contributed by atoms with E-state index in [9.17, 15) is 27.2 Å². The second-order valence-electron chi connectivity index (χ2n) is 9.21. The second kappa shape index (κ2) is 15.4. The first-order chi connectivity index (χ1) is 19.6. The van der Waals surface area contributed by atoms with E-state index in [1.165, 1.54) is 36.4 Å². The summed E-state index contributed by atoms with van der Waals surface area (Å²) in [5, 5.41) is 15.6. The number of hydrogen-bond donors (Lipinski definition) is 2. The maximum absolute atomic E-state index is 13.8. The average Bonchev–Trinajstić information content (AvgIpc) is 2.94. The molecule has 0 unspecified atom stereocenters. The van der Waals surface area contributed by atoms with Crippen LogP contribution in [0.3, 0.4) is 0 Å². The number of benzene rings is 3. The number of aliphatic carboxylic acids is 2. The first-order valence-electron chi connectivity index (χ1n) is 12.8. The van der Waals surface area contributed by atoms with Crippen molar-refractivity contribution in [2.24, 2.45) is 0 Å². The number of carbonyl (C=O) groups is 2. The van der Waals surface area contributed by atoms with Crippen molar-refractivity contribution in [3.63, 3.8) is 0 Å². The number of nitrogens with zero attached hydrogens (tertiary/aromatic N) is 1. The number of rotatable bonds is 10. The Labute approximate surface area is 234 Å². The Kier molecular flexibility index (Phi) is 11.7.